The number of fused-ring (bicyclic) bond motifs is 1. The Kier molecular flexibility index (Phi) is 4.55. The third kappa shape index (κ3) is 3.42. The van der Waals surface area contributed by atoms with Crippen LogP contribution in [0.15, 0.2) is 23.3 Å². The fourth-order valence-electron chi connectivity index (χ4n) is 2.00. The van der Waals surface area contributed by atoms with E-state index >= 15 is 0 Å². The summed E-state index contributed by atoms with van der Waals surface area (Å²) in [5, 5.41) is 4.18. The number of carbonyl (C=O) groups is 2. The van der Waals surface area contributed by atoms with Crippen LogP contribution in [-0.4, -0.2) is 50.0 Å². The average molecular weight is 368 g/mol. The topological polar surface area (TPSA) is 121 Å². The molecule has 24 heavy (non-hydrogen) atoms. The lowest BCUT2D eigenvalue weighted by Gasteiger charge is -2.22. The summed E-state index contributed by atoms with van der Waals surface area (Å²) >= 11 is -0.674. The molecule has 2 heterocycles. The van der Waals surface area contributed by atoms with Crippen LogP contribution in [0.3, 0.4) is 0 Å². The summed E-state index contributed by atoms with van der Waals surface area (Å²) in [4.78, 5) is 28.9. The zero-order valence-corrected chi connectivity index (χ0v) is 14.0. The fraction of sp³-hybridized carbons (Fsp3) is 0.231. The van der Waals surface area contributed by atoms with Crippen LogP contribution in [0.2, 0.25) is 0 Å². The van der Waals surface area contributed by atoms with E-state index in [0.29, 0.717) is 16.2 Å². The lowest BCUT2D eigenvalue weighted by Crippen LogP contribution is -2.46. The summed E-state index contributed by atoms with van der Waals surface area (Å²) in [6.45, 7) is -0.104. The van der Waals surface area contributed by atoms with Crippen molar-refractivity contribution in [2.24, 2.45) is 5.10 Å². The van der Waals surface area contributed by atoms with Crippen LogP contribution in [0.1, 0.15) is 5.56 Å². The van der Waals surface area contributed by atoms with Crippen molar-refractivity contribution in [1.29, 1.82) is 0 Å². The molecule has 0 bridgehead atoms. The number of amides is 1. The van der Waals surface area contributed by atoms with Crippen molar-refractivity contribution in [3.8, 4) is 0 Å². The Balaban J connectivity index is 1.82. The summed E-state index contributed by atoms with van der Waals surface area (Å²) in [7, 11) is 1.49. The van der Waals surface area contributed by atoms with Crippen molar-refractivity contribution >= 4 is 55.4 Å². The number of cyclic esters (lactones) is 1. The minimum Gasteiger partial charge on any atom is -0.439 e. The molecule has 1 amide bonds. The summed E-state index contributed by atoms with van der Waals surface area (Å²) in [5.41, 5.74) is 3.61. The number of rotatable bonds is 4. The second-order valence-electron chi connectivity index (χ2n) is 4.92. The molecule has 1 aromatic carbocycles. The smallest absolute Gasteiger partial charge is 0.366 e. The molecular formula is C13H12N4O5S2. The van der Waals surface area contributed by atoms with Crippen LogP contribution >= 0.6 is 11.3 Å². The Labute approximate surface area is 142 Å². The Morgan fingerprint density at radius 1 is 1.50 bits per heavy atom. The molecule has 1 aliphatic rings. The Bertz CT molecular complexity index is 878. The number of nitrogens with one attached hydrogen (secondary N) is 1. The molecule has 2 aromatic rings. The first kappa shape index (κ1) is 16.5. The van der Waals surface area contributed by atoms with Gasteiger partial charge in [0.1, 0.15) is 0 Å². The Morgan fingerprint density at radius 2 is 2.29 bits per heavy atom. The first-order chi connectivity index (χ1) is 11.4. The normalized spacial score (nSPS) is 18.1. The number of ether oxygens (including phenoxy) is 1. The Hall–Kier alpha value is -2.37. The van der Waals surface area contributed by atoms with Crippen LogP contribution in [0, 0.1) is 0 Å². The maximum Gasteiger partial charge on any atom is 0.366 e. The lowest BCUT2D eigenvalue weighted by molar-refractivity contribution is -0.149. The molecule has 1 unspecified atom stereocenters. The maximum atomic E-state index is 11.9. The maximum absolute atomic E-state index is 11.9. The predicted molar refractivity (Wildman–Crippen MR) is 88.9 cm³/mol. The number of esters is 1. The van der Waals surface area contributed by atoms with Gasteiger partial charge in [-0.1, -0.05) is 17.4 Å². The van der Waals surface area contributed by atoms with E-state index in [-0.39, 0.29) is 18.2 Å². The van der Waals surface area contributed by atoms with E-state index in [0.717, 1.165) is 4.70 Å². The number of nitrogens with zero attached hydrogens (tertiary/aromatic N) is 3. The van der Waals surface area contributed by atoms with E-state index in [1.807, 2.05) is 0 Å². The standard InChI is InChI=1S/C13H12N4O5S2/c1-17-6-22-12(19)10(11(17)18)15-16-13-14-8-3-2-7(5-24(20)21)4-9(8)23-13/h2-4H,5-6H2,1H3,(H,14,16)(H,20,21). The van der Waals surface area contributed by atoms with Crippen molar-refractivity contribution in [3.63, 3.8) is 0 Å². The van der Waals surface area contributed by atoms with Crippen LogP contribution < -0.4 is 5.43 Å². The highest BCUT2D eigenvalue weighted by Crippen LogP contribution is 2.27. The third-order valence-electron chi connectivity index (χ3n) is 3.14. The first-order valence-electron chi connectivity index (χ1n) is 6.67. The molecule has 0 aliphatic carbocycles. The monoisotopic (exact) mass is 368 g/mol. The molecule has 1 atom stereocenters. The number of carbonyl (C=O) groups excluding carboxylic acids is 2. The lowest BCUT2D eigenvalue weighted by atomic mass is 10.2. The van der Waals surface area contributed by atoms with Crippen LogP contribution in [0.4, 0.5) is 5.13 Å². The van der Waals surface area contributed by atoms with Gasteiger partial charge in [-0.2, -0.15) is 5.10 Å². The molecule has 0 radical (unpaired) electrons. The first-order valence-corrected chi connectivity index (χ1v) is 8.76. The van der Waals surface area contributed by atoms with Gasteiger partial charge in [0, 0.05) is 7.05 Å². The zero-order valence-electron chi connectivity index (χ0n) is 12.4. The largest absolute Gasteiger partial charge is 0.439 e. The van der Waals surface area contributed by atoms with Gasteiger partial charge in [-0.25, -0.2) is 14.0 Å². The quantitative estimate of drug-likeness (QED) is 0.464. The molecule has 3 rings (SSSR count). The minimum atomic E-state index is -1.92. The second kappa shape index (κ2) is 6.63. The van der Waals surface area contributed by atoms with Gasteiger partial charge in [-0.3, -0.25) is 10.2 Å². The van der Waals surface area contributed by atoms with Gasteiger partial charge in [0.15, 0.2) is 17.8 Å². The Morgan fingerprint density at radius 3 is 3.04 bits per heavy atom. The molecule has 9 nitrogen and oxygen atoms in total. The number of hydrogen-bond donors (Lipinski definition) is 2. The molecular weight excluding hydrogens is 356 g/mol. The molecule has 2 N–H and O–H groups in total. The van der Waals surface area contributed by atoms with Gasteiger partial charge in [0.25, 0.3) is 5.91 Å². The summed E-state index contributed by atoms with van der Waals surface area (Å²) in [5.74, 6) is -1.29. The number of thiazole rings is 1. The number of hydrazone groups is 1. The highest BCUT2D eigenvalue weighted by atomic mass is 32.2. The third-order valence-corrected chi connectivity index (χ3v) is 4.64. The fourth-order valence-corrected chi connectivity index (χ4v) is 3.33. The van der Waals surface area contributed by atoms with E-state index in [4.69, 9.17) is 9.29 Å². The van der Waals surface area contributed by atoms with E-state index in [1.54, 1.807) is 18.2 Å². The van der Waals surface area contributed by atoms with Crippen LogP contribution in [-0.2, 0) is 31.2 Å². The summed E-state index contributed by atoms with van der Waals surface area (Å²) < 4.78 is 25.4. The van der Waals surface area contributed by atoms with Crippen molar-refractivity contribution in [1.82, 2.24) is 9.88 Å². The average Bonchev–Trinajstić information content (AvgIpc) is 2.92. The van der Waals surface area contributed by atoms with Crippen molar-refractivity contribution < 1.29 is 23.1 Å². The molecule has 0 spiro atoms. The van der Waals surface area contributed by atoms with Crippen LogP contribution in [0.5, 0.6) is 0 Å². The predicted octanol–water partition coefficient (Wildman–Crippen LogP) is 0.759. The molecule has 1 aliphatic heterocycles. The van der Waals surface area contributed by atoms with Gasteiger partial charge >= 0.3 is 5.97 Å². The molecule has 126 valence electrons. The van der Waals surface area contributed by atoms with Gasteiger partial charge in [-0.05, 0) is 17.7 Å². The van der Waals surface area contributed by atoms with Crippen molar-refractivity contribution in [2.45, 2.75) is 5.75 Å². The number of benzene rings is 1. The van der Waals surface area contributed by atoms with Crippen molar-refractivity contribution in [2.75, 3.05) is 19.2 Å². The highest BCUT2D eigenvalue weighted by molar-refractivity contribution is 7.78. The molecule has 1 aromatic heterocycles. The van der Waals surface area contributed by atoms with Gasteiger partial charge < -0.3 is 14.2 Å². The highest BCUT2D eigenvalue weighted by Gasteiger charge is 2.31. The SMILES string of the molecule is CN1COC(=O)C(=NNc2nc3ccc(CS(=O)O)cc3s2)C1=O. The number of anilines is 1. The molecule has 0 saturated carbocycles. The zero-order chi connectivity index (χ0) is 17.3. The van der Waals surface area contributed by atoms with Gasteiger partial charge in [-0.15, -0.1) is 0 Å². The van der Waals surface area contributed by atoms with Gasteiger partial charge in [0.05, 0.1) is 16.0 Å². The number of hydrogen-bond acceptors (Lipinski definition) is 8. The molecule has 11 heteroatoms. The van der Waals surface area contributed by atoms with E-state index in [2.05, 4.69) is 15.5 Å². The van der Waals surface area contributed by atoms with E-state index in [1.165, 1.54) is 23.3 Å². The van der Waals surface area contributed by atoms with Crippen molar-refractivity contribution in [3.05, 3.63) is 23.8 Å². The van der Waals surface area contributed by atoms with E-state index in [9.17, 15) is 13.8 Å². The van der Waals surface area contributed by atoms with Crippen LogP contribution in [0.25, 0.3) is 10.2 Å². The number of aromatic nitrogens is 1. The summed E-state index contributed by atoms with van der Waals surface area (Å²) in [6, 6.07) is 5.19. The second-order valence-corrected chi connectivity index (χ2v) is 6.89. The van der Waals surface area contributed by atoms with E-state index < -0.39 is 23.0 Å². The minimum absolute atomic E-state index is 0.0333. The summed E-state index contributed by atoms with van der Waals surface area (Å²) in [6.07, 6.45) is 0. The van der Waals surface area contributed by atoms with Gasteiger partial charge in [0.2, 0.25) is 10.8 Å². The molecule has 1 saturated heterocycles. The molecule has 1 fully saturated rings.